The van der Waals surface area contributed by atoms with E-state index in [-0.39, 0.29) is 30.3 Å². The van der Waals surface area contributed by atoms with Crippen molar-refractivity contribution in [1.29, 1.82) is 0 Å². The van der Waals surface area contributed by atoms with E-state index in [1.807, 2.05) is 30.3 Å². The van der Waals surface area contributed by atoms with Crippen LogP contribution in [-0.2, 0) is 4.79 Å². The van der Waals surface area contributed by atoms with E-state index in [9.17, 15) is 4.79 Å². The molecule has 1 aromatic carbocycles. The van der Waals surface area contributed by atoms with E-state index >= 15 is 0 Å². The summed E-state index contributed by atoms with van der Waals surface area (Å²) in [6, 6.07) is 10.6. The maximum absolute atomic E-state index is 12.6. The molecule has 118 valence electrons. The van der Waals surface area contributed by atoms with Crippen LogP contribution in [0.4, 0.5) is 0 Å². The molecule has 2 rings (SSSR count). The molecule has 1 heterocycles. The Balaban J connectivity index is 0.00000220. The monoisotopic (exact) mass is 310 g/mol. The molecule has 1 amide bonds. The second-order valence-corrected chi connectivity index (χ2v) is 5.91. The predicted octanol–water partition coefficient (Wildman–Crippen LogP) is 3.10. The number of piperidine rings is 1. The molecule has 4 heteroatoms. The highest BCUT2D eigenvalue weighted by Gasteiger charge is 2.30. The van der Waals surface area contributed by atoms with Crippen molar-refractivity contribution >= 4 is 18.3 Å². The molecule has 1 aromatic rings. The van der Waals surface area contributed by atoms with Gasteiger partial charge in [-0.2, -0.15) is 0 Å². The number of amides is 1. The minimum Gasteiger partial charge on any atom is -0.351 e. The van der Waals surface area contributed by atoms with Crippen LogP contribution in [-0.4, -0.2) is 24.5 Å². The van der Waals surface area contributed by atoms with Crippen molar-refractivity contribution in [3.63, 3.8) is 0 Å². The summed E-state index contributed by atoms with van der Waals surface area (Å²) in [5.74, 6) is 0.645. The second kappa shape index (κ2) is 8.40. The van der Waals surface area contributed by atoms with Gasteiger partial charge >= 0.3 is 0 Å². The first-order valence-electron chi connectivity index (χ1n) is 7.72. The Kier molecular flexibility index (Phi) is 7.20. The van der Waals surface area contributed by atoms with Crippen molar-refractivity contribution in [2.75, 3.05) is 6.54 Å². The molecular weight excluding hydrogens is 284 g/mol. The maximum atomic E-state index is 12.6. The van der Waals surface area contributed by atoms with Gasteiger partial charge in [0.05, 0.1) is 5.92 Å². The zero-order valence-electron chi connectivity index (χ0n) is 13.1. The van der Waals surface area contributed by atoms with Gasteiger partial charge in [-0.25, -0.2) is 0 Å². The van der Waals surface area contributed by atoms with Crippen LogP contribution in [0.5, 0.6) is 0 Å². The Bertz CT molecular complexity index is 428. The maximum Gasteiger partial charge on any atom is 0.227 e. The number of hydrogen-bond donors (Lipinski definition) is 2. The molecule has 0 saturated carbocycles. The first-order valence-corrected chi connectivity index (χ1v) is 7.72. The lowest BCUT2D eigenvalue weighted by Crippen LogP contribution is -2.56. The lowest BCUT2D eigenvalue weighted by Gasteiger charge is -2.36. The quantitative estimate of drug-likeness (QED) is 0.897. The third-order valence-corrected chi connectivity index (χ3v) is 4.45. The van der Waals surface area contributed by atoms with Crippen molar-refractivity contribution in [2.24, 2.45) is 5.92 Å². The average molecular weight is 311 g/mol. The Morgan fingerprint density at radius 1 is 1.33 bits per heavy atom. The van der Waals surface area contributed by atoms with Crippen LogP contribution in [0.2, 0.25) is 0 Å². The molecule has 0 aromatic heterocycles. The number of rotatable bonds is 4. The zero-order valence-corrected chi connectivity index (χ0v) is 14.0. The van der Waals surface area contributed by atoms with Crippen LogP contribution < -0.4 is 10.6 Å². The van der Waals surface area contributed by atoms with Crippen molar-refractivity contribution in [3.05, 3.63) is 35.9 Å². The summed E-state index contributed by atoms with van der Waals surface area (Å²) < 4.78 is 0. The van der Waals surface area contributed by atoms with Crippen LogP contribution in [0, 0.1) is 5.92 Å². The smallest absolute Gasteiger partial charge is 0.227 e. The summed E-state index contributed by atoms with van der Waals surface area (Å²) in [6.07, 6.45) is 1.95. The molecule has 3 nitrogen and oxygen atoms in total. The highest BCUT2D eigenvalue weighted by molar-refractivity contribution is 5.85. The minimum atomic E-state index is -0.0440. The summed E-state index contributed by atoms with van der Waals surface area (Å²) in [6.45, 7) is 7.50. The normalized spacial score (nSPS) is 26.5. The summed E-state index contributed by atoms with van der Waals surface area (Å²) in [5.41, 5.74) is 1.11. The molecule has 0 aliphatic carbocycles. The first-order chi connectivity index (χ1) is 9.63. The lowest BCUT2D eigenvalue weighted by molar-refractivity contribution is -0.124. The first kappa shape index (κ1) is 18.0. The fourth-order valence-electron chi connectivity index (χ4n) is 3.13. The Hall–Kier alpha value is -1.06. The standard InChI is InChI=1S/C17H26N2O.ClH/c1-4-15(14-8-6-5-7-9-14)17(20)19-16-12(2)10-11-18-13(16)3;/h5-9,12-13,15-16,18H,4,10-11H2,1-3H3,(H,19,20);1H. The Morgan fingerprint density at radius 2 is 2.00 bits per heavy atom. The lowest BCUT2D eigenvalue weighted by atomic mass is 9.87. The molecule has 1 fully saturated rings. The molecule has 1 saturated heterocycles. The van der Waals surface area contributed by atoms with Crippen LogP contribution in [0.1, 0.15) is 45.1 Å². The molecule has 2 N–H and O–H groups in total. The van der Waals surface area contributed by atoms with E-state index in [1.165, 1.54) is 0 Å². The highest BCUT2D eigenvalue weighted by atomic mass is 35.5. The number of hydrogen-bond acceptors (Lipinski definition) is 2. The summed E-state index contributed by atoms with van der Waals surface area (Å²) >= 11 is 0. The molecule has 1 aliphatic heterocycles. The van der Waals surface area contributed by atoms with Gasteiger partial charge in [-0.3, -0.25) is 4.79 Å². The van der Waals surface area contributed by atoms with E-state index in [0.717, 1.165) is 24.9 Å². The summed E-state index contributed by atoms with van der Waals surface area (Å²) in [4.78, 5) is 12.6. The molecule has 0 spiro atoms. The van der Waals surface area contributed by atoms with Crippen LogP contribution in [0.25, 0.3) is 0 Å². The number of halogens is 1. The highest BCUT2D eigenvalue weighted by Crippen LogP contribution is 2.22. The van der Waals surface area contributed by atoms with E-state index < -0.39 is 0 Å². The molecular formula is C17H27ClN2O. The minimum absolute atomic E-state index is 0. The molecule has 0 radical (unpaired) electrons. The van der Waals surface area contributed by atoms with Gasteiger partial charge < -0.3 is 10.6 Å². The van der Waals surface area contributed by atoms with E-state index in [0.29, 0.717) is 12.0 Å². The molecule has 4 atom stereocenters. The van der Waals surface area contributed by atoms with Crippen LogP contribution in [0.15, 0.2) is 30.3 Å². The number of carbonyl (C=O) groups is 1. The van der Waals surface area contributed by atoms with Gasteiger partial charge in [-0.1, -0.05) is 44.2 Å². The van der Waals surface area contributed by atoms with Gasteiger partial charge in [-0.15, -0.1) is 12.4 Å². The van der Waals surface area contributed by atoms with Crippen LogP contribution in [0.3, 0.4) is 0 Å². The zero-order chi connectivity index (χ0) is 14.5. The fourth-order valence-corrected chi connectivity index (χ4v) is 3.13. The molecule has 1 aliphatic rings. The summed E-state index contributed by atoms with van der Waals surface area (Å²) in [5, 5.41) is 6.72. The van der Waals surface area contributed by atoms with Gasteiger partial charge in [0.15, 0.2) is 0 Å². The Morgan fingerprint density at radius 3 is 2.57 bits per heavy atom. The van der Waals surface area contributed by atoms with Gasteiger partial charge in [0, 0.05) is 12.1 Å². The van der Waals surface area contributed by atoms with Gasteiger partial charge in [0.2, 0.25) is 5.91 Å². The van der Waals surface area contributed by atoms with E-state index in [1.54, 1.807) is 0 Å². The number of carbonyl (C=O) groups excluding carboxylic acids is 1. The van der Waals surface area contributed by atoms with Crippen LogP contribution >= 0.6 is 12.4 Å². The van der Waals surface area contributed by atoms with Gasteiger partial charge in [0.25, 0.3) is 0 Å². The number of benzene rings is 1. The third-order valence-electron chi connectivity index (χ3n) is 4.45. The summed E-state index contributed by atoms with van der Waals surface area (Å²) in [7, 11) is 0. The third kappa shape index (κ3) is 4.45. The van der Waals surface area contributed by atoms with Crippen molar-refractivity contribution in [2.45, 2.75) is 51.6 Å². The SMILES string of the molecule is CCC(C(=O)NC1C(C)CCNC1C)c1ccccc1.Cl. The van der Waals surface area contributed by atoms with Gasteiger partial charge in [-0.05, 0) is 37.8 Å². The molecule has 4 unspecified atom stereocenters. The molecule has 0 bridgehead atoms. The van der Waals surface area contributed by atoms with E-state index in [4.69, 9.17) is 0 Å². The largest absolute Gasteiger partial charge is 0.351 e. The van der Waals surface area contributed by atoms with Crippen molar-refractivity contribution < 1.29 is 4.79 Å². The predicted molar refractivity (Wildman–Crippen MR) is 89.9 cm³/mol. The number of nitrogens with one attached hydrogen (secondary N) is 2. The van der Waals surface area contributed by atoms with Gasteiger partial charge in [0.1, 0.15) is 0 Å². The van der Waals surface area contributed by atoms with E-state index in [2.05, 4.69) is 31.4 Å². The topological polar surface area (TPSA) is 41.1 Å². The average Bonchev–Trinajstić information content (AvgIpc) is 2.45. The molecule has 21 heavy (non-hydrogen) atoms. The second-order valence-electron chi connectivity index (χ2n) is 5.91. The van der Waals surface area contributed by atoms with Crippen molar-refractivity contribution in [3.8, 4) is 0 Å². The van der Waals surface area contributed by atoms with Crippen molar-refractivity contribution in [1.82, 2.24) is 10.6 Å². The Labute approximate surface area is 134 Å². The fraction of sp³-hybridized carbons (Fsp3) is 0.588.